The summed E-state index contributed by atoms with van der Waals surface area (Å²) in [5, 5.41) is 3.15. The lowest BCUT2D eigenvalue weighted by Crippen LogP contribution is -2.30. The number of aryl methyl sites for hydroxylation is 2. The van der Waals surface area contributed by atoms with Crippen molar-refractivity contribution in [1.82, 2.24) is 10.3 Å². The molecule has 0 aliphatic heterocycles. The van der Waals surface area contributed by atoms with E-state index < -0.39 is 0 Å². The molecular weight excluding hydrogens is 336 g/mol. The van der Waals surface area contributed by atoms with Crippen LogP contribution in [0.25, 0.3) is 0 Å². The summed E-state index contributed by atoms with van der Waals surface area (Å²) >= 11 is 0. The molecule has 2 aromatic carbocycles. The first-order valence-electron chi connectivity index (χ1n) is 9.10. The van der Waals surface area contributed by atoms with Crippen molar-refractivity contribution >= 4 is 5.91 Å². The molecule has 3 aromatic rings. The Labute approximate surface area is 160 Å². The molecule has 4 nitrogen and oxygen atoms in total. The highest BCUT2D eigenvalue weighted by molar-refractivity contribution is 5.97. The Balaban J connectivity index is 1.97. The van der Waals surface area contributed by atoms with E-state index >= 15 is 0 Å². The fraction of sp³-hybridized carbons (Fsp3) is 0.217. The second kappa shape index (κ2) is 8.49. The number of pyridine rings is 1. The molecule has 3 rings (SSSR count). The predicted octanol–water partition coefficient (Wildman–Crippen LogP) is 4.62. The normalized spacial score (nSPS) is 11.7. The van der Waals surface area contributed by atoms with Gasteiger partial charge in [0, 0.05) is 12.4 Å². The van der Waals surface area contributed by atoms with Gasteiger partial charge in [-0.3, -0.25) is 9.78 Å². The van der Waals surface area contributed by atoms with Gasteiger partial charge in [0.1, 0.15) is 5.75 Å². The molecule has 0 spiro atoms. The Morgan fingerprint density at radius 3 is 2.56 bits per heavy atom. The third-order valence-corrected chi connectivity index (χ3v) is 4.59. The van der Waals surface area contributed by atoms with Gasteiger partial charge in [0.15, 0.2) is 0 Å². The molecule has 0 bridgehead atoms. The number of para-hydroxylation sites is 1. The second-order valence-electron chi connectivity index (χ2n) is 6.47. The number of nitrogens with one attached hydrogen (secondary N) is 1. The van der Waals surface area contributed by atoms with Crippen LogP contribution in [0.4, 0.5) is 0 Å². The van der Waals surface area contributed by atoms with Crippen LogP contribution >= 0.6 is 0 Å². The van der Waals surface area contributed by atoms with Gasteiger partial charge in [-0.25, -0.2) is 0 Å². The number of ether oxygens (including phenoxy) is 1. The molecule has 1 aromatic heterocycles. The Kier molecular flexibility index (Phi) is 5.87. The van der Waals surface area contributed by atoms with E-state index in [1.807, 2.05) is 37.3 Å². The van der Waals surface area contributed by atoms with Crippen LogP contribution in [-0.2, 0) is 0 Å². The number of amides is 1. The summed E-state index contributed by atoms with van der Waals surface area (Å²) in [6.07, 6.45) is 3.52. The maximum Gasteiger partial charge on any atom is 0.255 e. The SMILES string of the molecule is CCOc1ccccc1C(=O)N[C@@H](c1cccnc1)c1ccc(C)c(C)c1. The van der Waals surface area contributed by atoms with Crippen molar-refractivity contribution in [1.29, 1.82) is 0 Å². The average Bonchev–Trinajstić information content (AvgIpc) is 2.69. The maximum absolute atomic E-state index is 13.0. The number of benzene rings is 2. The predicted molar refractivity (Wildman–Crippen MR) is 107 cm³/mol. The van der Waals surface area contributed by atoms with Crippen molar-refractivity contribution in [2.45, 2.75) is 26.8 Å². The summed E-state index contributed by atoms with van der Waals surface area (Å²) in [7, 11) is 0. The van der Waals surface area contributed by atoms with Gasteiger partial charge >= 0.3 is 0 Å². The van der Waals surface area contributed by atoms with Crippen molar-refractivity contribution in [2.24, 2.45) is 0 Å². The highest BCUT2D eigenvalue weighted by atomic mass is 16.5. The average molecular weight is 360 g/mol. The van der Waals surface area contributed by atoms with Crippen molar-refractivity contribution in [3.05, 3.63) is 94.8 Å². The summed E-state index contributed by atoms with van der Waals surface area (Å²) < 4.78 is 5.61. The second-order valence-corrected chi connectivity index (χ2v) is 6.47. The molecule has 138 valence electrons. The highest BCUT2D eigenvalue weighted by Crippen LogP contribution is 2.25. The van der Waals surface area contributed by atoms with Gasteiger partial charge in [-0.1, -0.05) is 36.4 Å². The molecule has 1 N–H and O–H groups in total. The molecule has 1 atom stereocenters. The minimum absolute atomic E-state index is 0.175. The van der Waals surface area contributed by atoms with Crippen LogP contribution in [0.15, 0.2) is 67.0 Å². The Morgan fingerprint density at radius 2 is 1.85 bits per heavy atom. The first kappa shape index (κ1) is 18.6. The standard InChI is InChI=1S/C23H24N2O2/c1-4-27-21-10-6-5-9-20(21)23(26)25-22(19-8-7-13-24-15-19)18-12-11-16(2)17(3)14-18/h5-15,22H,4H2,1-3H3,(H,25,26)/t22-/m1/s1. The maximum atomic E-state index is 13.0. The monoisotopic (exact) mass is 360 g/mol. The van der Waals surface area contributed by atoms with Crippen LogP contribution in [0.2, 0.25) is 0 Å². The van der Waals surface area contributed by atoms with Crippen molar-refractivity contribution in [3.63, 3.8) is 0 Å². The van der Waals surface area contributed by atoms with Gasteiger partial charge in [0.25, 0.3) is 5.91 Å². The molecule has 0 saturated heterocycles. The lowest BCUT2D eigenvalue weighted by molar-refractivity contribution is 0.0939. The van der Waals surface area contributed by atoms with E-state index in [2.05, 4.69) is 42.3 Å². The lowest BCUT2D eigenvalue weighted by atomic mass is 9.96. The summed E-state index contributed by atoms with van der Waals surface area (Å²) in [4.78, 5) is 17.3. The molecule has 0 radical (unpaired) electrons. The summed E-state index contributed by atoms with van der Waals surface area (Å²) in [5.41, 5.74) is 4.88. The van der Waals surface area contributed by atoms with Crippen molar-refractivity contribution in [3.8, 4) is 5.75 Å². The van der Waals surface area contributed by atoms with Crippen molar-refractivity contribution < 1.29 is 9.53 Å². The van der Waals surface area contributed by atoms with Crippen LogP contribution in [0.3, 0.4) is 0 Å². The number of nitrogens with zero attached hydrogens (tertiary/aromatic N) is 1. The van der Waals surface area contributed by atoms with E-state index in [0.717, 1.165) is 11.1 Å². The van der Waals surface area contributed by atoms with Gasteiger partial charge in [-0.2, -0.15) is 0 Å². The number of rotatable bonds is 6. The van der Waals surface area contributed by atoms with Crippen LogP contribution in [0.5, 0.6) is 5.75 Å². The minimum Gasteiger partial charge on any atom is -0.493 e. The Bertz CT molecular complexity index is 923. The summed E-state index contributed by atoms with van der Waals surface area (Å²) in [6, 6.07) is 17.1. The zero-order valence-corrected chi connectivity index (χ0v) is 15.9. The third kappa shape index (κ3) is 4.34. The molecule has 4 heteroatoms. The first-order valence-corrected chi connectivity index (χ1v) is 9.10. The molecular formula is C23H24N2O2. The van der Waals surface area contributed by atoms with Gasteiger partial charge in [-0.15, -0.1) is 0 Å². The largest absolute Gasteiger partial charge is 0.493 e. The number of hydrogen-bond acceptors (Lipinski definition) is 3. The summed E-state index contributed by atoms with van der Waals surface area (Å²) in [6.45, 7) is 6.57. The third-order valence-electron chi connectivity index (χ3n) is 4.59. The number of hydrogen-bond donors (Lipinski definition) is 1. The lowest BCUT2D eigenvalue weighted by Gasteiger charge is -2.21. The van der Waals surface area contributed by atoms with Gasteiger partial charge in [0.05, 0.1) is 18.2 Å². The molecule has 0 aliphatic carbocycles. The first-order chi connectivity index (χ1) is 13.1. The van der Waals surface area contributed by atoms with E-state index in [-0.39, 0.29) is 11.9 Å². The molecule has 0 saturated carbocycles. The number of carbonyl (C=O) groups is 1. The van der Waals surface area contributed by atoms with E-state index in [9.17, 15) is 4.79 Å². The topological polar surface area (TPSA) is 51.2 Å². The van der Waals surface area contributed by atoms with E-state index in [1.165, 1.54) is 11.1 Å². The van der Waals surface area contributed by atoms with E-state index in [1.54, 1.807) is 18.5 Å². The fourth-order valence-corrected chi connectivity index (χ4v) is 2.99. The molecule has 1 heterocycles. The van der Waals surface area contributed by atoms with Crippen LogP contribution in [0.1, 0.15) is 45.6 Å². The molecule has 0 unspecified atom stereocenters. The molecule has 27 heavy (non-hydrogen) atoms. The fourth-order valence-electron chi connectivity index (χ4n) is 2.99. The Hall–Kier alpha value is -3.14. The van der Waals surface area contributed by atoms with Crippen LogP contribution in [0, 0.1) is 13.8 Å². The smallest absolute Gasteiger partial charge is 0.255 e. The van der Waals surface area contributed by atoms with E-state index in [4.69, 9.17) is 4.74 Å². The number of carbonyl (C=O) groups excluding carboxylic acids is 1. The molecule has 1 amide bonds. The van der Waals surface area contributed by atoms with E-state index in [0.29, 0.717) is 17.9 Å². The molecule has 0 fully saturated rings. The minimum atomic E-state index is -0.291. The van der Waals surface area contributed by atoms with Crippen LogP contribution in [-0.4, -0.2) is 17.5 Å². The van der Waals surface area contributed by atoms with Gasteiger partial charge in [-0.05, 0) is 61.2 Å². The highest BCUT2D eigenvalue weighted by Gasteiger charge is 2.20. The number of aromatic nitrogens is 1. The quantitative estimate of drug-likeness (QED) is 0.698. The summed E-state index contributed by atoms with van der Waals surface area (Å²) in [5.74, 6) is 0.411. The van der Waals surface area contributed by atoms with Gasteiger partial charge in [0.2, 0.25) is 0 Å². The Morgan fingerprint density at radius 1 is 1.04 bits per heavy atom. The van der Waals surface area contributed by atoms with Crippen LogP contribution < -0.4 is 10.1 Å². The zero-order valence-electron chi connectivity index (χ0n) is 15.9. The van der Waals surface area contributed by atoms with Gasteiger partial charge < -0.3 is 10.1 Å². The zero-order chi connectivity index (χ0) is 19.2. The van der Waals surface area contributed by atoms with Crippen molar-refractivity contribution in [2.75, 3.05) is 6.61 Å². The molecule has 0 aliphatic rings.